The molecule has 0 aliphatic rings. The fourth-order valence-electron chi connectivity index (χ4n) is 2.12. The maximum atomic E-state index is 10.9. The number of carboxylic acids is 1. The van der Waals surface area contributed by atoms with Crippen molar-refractivity contribution < 1.29 is 9.90 Å². The molecule has 1 aromatic heterocycles. The van der Waals surface area contributed by atoms with Crippen LogP contribution in [-0.2, 0) is 6.42 Å². The zero-order chi connectivity index (χ0) is 14.1. The molecule has 20 heavy (non-hydrogen) atoms. The van der Waals surface area contributed by atoms with Crippen LogP contribution in [0.25, 0.3) is 16.7 Å². The Morgan fingerprint density at radius 1 is 1.20 bits per heavy atom. The van der Waals surface area contributed by atoms with E-state index in [-0.39, 0.29) is 5.56 Å². The van der Waals surface area contributed by atoms with Crippen LogP contribution < -0.4 is 0 Å². The molecule has 0 atom stereocenters. The molecule has 0 aliphatic heterocycles. The van der Waals surface area contributed by atoms with Crippen molar-refractivity contribution in [2.75, 3.05) is 0 Å². The van der Waals surface area contributed by atoms with Crippen LogP contribution in [0.3, 0.4) is 0 Å². The lowest BCUT2D eigenvalue weighted by Crippen LogP contribution is -1.98. The third kappa shape index (κ3) is 2.03. The summed E-state index contributed by atoms with van der Waals surface area (Å²) in [5, 5.41) is 17.1. The Hall–Kier alpha value is -2.69. The summed E-state index contributed by atoms with van der Waals surface area (Å²) in [6, 6.07) is 12.9. The molecule has 2 aromatic carbocycles. The molecule has 0 unspecified atom stereocenters. The second-order valence-corrected chi connectivity index (χ2v) is 4.53. The van der Waals surface area contributed by atoms with E-state index in [0.29, 0.717) is 5.52 Å². The first kappa shape index (κ1) is 12.3. The number of carbonyl (C=O) groups is 1. The van der Waals surface area contributed by atoms with Crippen LogP contribution in [0.5, 0.6) is 0 Å². The first-order valence-electron chi connectivity index (χ1n) is 6.37. The van der Waals surface area contributed by atoms with E-state index in [1.54, 1.807) is 16.8 Å². The lowest BCUT2D eigenvalue weighted by molar-refractivity contribution is 0.0697. The summed E-state index contributed by atoms with van der Waals surface area (Å²) in [6.07, 6.45) is 0.986. The van der Waals surface area contributed by atoms with Crippen LogP contribution in [0.15, 0.2) is 42.5 Å². The Labute approximate surface area is 115 Å². The maximum absolute atomic E-state index is 10.9. The average Bonchev–Trinajstić information content (AvgIpc) is 2.90. The van der Waals surface area contributed by atoms with Gasteiger partial charge in [0, 0.05) is 0 Å². The Morgan fingerprint density at radius 2 is 1.95 bits per heavy atom. The number of fused-ring (bicyclic) bond motifs is 1. The summed E-state index contributed by atoms with van der Waals surface area (Å²) < 4.78 is 1.71. The Balaban J connectivity index is 2.09. The molecule has 5 heteroatoms. The minimum absolute atomic E-state index is 0.214. The smallest absolute Gasteiger partial charge is 0.335 e. The van der Waals surface area contributed by atoms with Crippen molar-refractivity contribution >= 4 is 17.0 Å². The highest BCUT2D eigenvalue weighted by atomic mass is 16.4. The van der Waals surface area contributed by atoms with Crippen LogP contribution in [0.1, 0.15) is 22.8 Å². The van der Waals surface area contributed by atoms with Gasteiger partial charge in [-0.1, -0.05) is 24.3 Å². The fourth-order valence-corrected chi connectivity index (χ4v) is 2.12. The van der Waals surface area contributed by atoms with Crippen molar-refractivity contribution in [2.24, 2.45) is 0 Å². The summed E-state index contributed by atoms with van der Waals surface area (Å²) in [4.78, 5) is 10.9. The molecule has 0 aliphatic carbocycles. The van der Waals surface area contributed by atoms with Gasteiger partial charge in [0.15, 0.2) is 0 Å². The standard InChI is InChI=1S/C15H13N3O2/c1-2-10-3-6-12(7-4-10)18-14-8-5-11(15(19)20)9-13(14)16-17-18/h3-9H,2H2,1H3,(H,19,20). The monoisotopic (exact) mass is 267 g/mol. The molecule has 1 heterocycles. The van der Waals surface area contributed by atoms with Gasteiger partial charge in [0.1, 0.15) is 5.52 Å². The molecular formula is C15H13N3O2. The molecule has 0 bridgehead atoms. The van der Waals surface area contributed by atoms with Gasteiger partial charge >= 0.3 is 5.97 Å². The number of aromatic nitrogens is 3. The number of aromatic carboxylic acids is 1. The molecule has 3 aromatic rings. The Bertz CT molecular complexity index is 775. The van der Waals surface area contributed by atoms with E-state index in [9.17, 15) is 4.79 Å². The number of hydrogen-bond donors (Lipinski definition) is 1. The van der Waals surface area contributed by atoms with Crippen LogP contribution in [0.2, 0.25) is 0 Å². The predicted molar refractivity (Wildman–Crippen MR) is 75.2 cm³/mol. The SMILES string of the molecule is CCc1ccc(-n2nnc3cc(C(=O)O)ccc32)cc1. The first-order chi connectivity index (χ1) is 9.69. The second-order valence-electron chi connectivity index (χ2n) is 4.53. The molecule has 5 nitrogen and oxygen atoms in total. The van der Waals surface area contributed by atoms with Gasteiger partial charge < -0.3 is 5.11 Å². The van der Waals surface area contributed by atoms with Gasteiger partial charge in [0.05, 0.1) is 16.8 Å². The predicted octanol–water partition coefficient (Wildman–Crippen LogP) is 2.68. The molecule has 0 radical (unpaired) electrons. The van der Waals surface area contributed by atoms with Crippen molar-refractivity contribution in [3.63, 3.8) is 0 Å². The molecule has 0 spiro atoms. The quantitative estimate of drug-likeness (QED) is 0.792. The minimum Gasteiger partial charge on any atom is -0.478 e. The molecular weight excluding hydrogens is 254 g/mol. The number of aryl methyl sites for hydroxylation is 1. The van der Waals surface area contributed by atoms with E-state index in [1.807, 2.05) is 12.1 Å². The third-order valence-electron chi connectivity index (χ3n) is 3.28. The van der Waals surface area contributed by atoms with Gasteiger partial charge in [0.2, 0.25) is 0 Å². The van der Waals surface area contributed by atoms with Crippen molar-refractivity contribution in [3.05, 3.63) is 53.6 Å². The van der Waals surface area contributed by atoms with Crippen molar-refractivity contribution in [1.29, 1.82) is 0 Å². The highest BCUT2D eigenvalue weighted by Gasteiger charge is 2.10. The number of benzene rings is 2. The van der Waals surface area contributed by atoms with E-state index in [1.165, 1.54) is 11.6 Å². The summed E-state index contributed by atoms with van der Waals surface area (Å²) >= 11 is 0. The molecule has 0 amide bonds. The maximum Gasteiger partial charge on any atom is 0.335 e. The highest BCUT2D eigenvalue weighted by Crippen LogP contribution is 2.18. The lowest BCUT2D eigenvalue weighted by atomic mass is 10.1. The van der Waals surface area contributed by atoms with Gasteiger partial charge in [-0.2, -0.15) is 0 Å². The van der Waals surface area contributed by atoms with Crippen molar-refractivity contribution in [1.82, 2.24) is 15.0 Å². The van der Waals surface area contributed by atoms with E-state index in [0.717, 1.165) is 17.6 Å². The number of nitrogens with zero attached hydrogens (tertiary/aromatic N) is 3. The summed E-state index contributed by atoms with van der Waals surface area (Å²) in [5.74, 6) is -0.964. The topological polar surface area (TPSA) is 68.0 Å². The normalized spacial score (nSPS) is 10.8. The number of rotatable bonds is 3. The van der Waals surface area contributed by atoms with Crippen LogP contribution in [-0.4, -0.2) is 26.1 Å². The average molecular weight is 267 g/mol. The Kier molecular flexibility index (Phi) is 2.95. The lowest BCUT2D eigenvalue weighted by Gasteiger charge is -2.03. The van der Waals surface area contributed by atoms with Gasteiger partial charge in [-0.3, -0.25) is 0 Å². The first-order valence-corrected chi connectivity index (χ1v) is 6.37. The van der Waals surface area contributed by atoms with E-state index >= 15 is 0 Å². The zero-order valence-electron chi connectivity index (χ0n) is 10.9. The van der Waals surface area contributed by atoms with E-state index in [2.05, 4.69) is 29.4 Å². The molecule has 0 saturated heterocycles. The largest absolute Gasteiger partial charge is 0.478 e. The van der Waals surface area contributed by atoms with E-state index in [4.69, 9.17) is 5.11 Å². The molecule has 3 rings (SSSR count). The number of carboxylic acid groups (broad SMARTS) is 1. The van der Waals surface area contributed by atoms with Gasteiger partial charge in [-0.25, -0.2) is 9.48 Å². The molecule has 0 fully saturated rings. The molecule has 1 N–H and O–H groups in total. The van der Waals surface area contributed by atoms with Crippen molar-refractivity contribution in [3.8, 4) is 5.69 Å². The van der Waals surface area contributed by atoms with Gasteiger partial charge in [0.25, 0.3) is 0 Å². The summed E-state index contributed by atoms with van der Waals surface area (Å²) in [5.41, 5.74) is 3.74. The van der Waals surface area contributed by atoms with E-state index < -0.39 is 5.97 Å². The van der Waals surface area contributed by atoms with Crippen LogP contribution >= 0.6 is 0 Å². The summed E-state index contributed by atoms with van der Waals surface area (Å²) in [7, 11) is 0. The zero-order valence-corrected chi connectivity index (χ0v) is 10.9. The third-order valence-corrected chi connectivity index (χ3v) is 3.28. The van der Waals surface area contributed by atoms with Crippen molar-refractivity contribution in [2.45, 2.75) is 13.3 Å². The highest BCUT2D eigenvalue weighted by molar-refractivity contribution is 5.92. The molecule has 0 saturated carbocycles. The minimum atomic E-state index is -0.964. The fraction of sp³-hybridized carbons (Fsp3) is 0.133. The number of hydrogen-bond acceptors (Lipinski definition) is 3. The van der Waals surface area contributed by atoms with Crippen LogP contribution in [0.4, 0.5) is 0 Å². The van der Waals surface area contributed by atoms with Gasteiger partial charge in [-0.15, -0.1) is 5.10 Å². The Morgan fingerprint density at radius 3 is 2.60 bits per heavy atom. The summed E-state index contributed by atoms with van der Waals surface area (Å²) in [6.45, 7) is 2.10. The van der Waals surface area contributed by atoms with Gasteiger partial charge in [-0.05, 0) is 42.3 Å². The molecule has 100 valence electrons. The van der Waals surface area contributed by atoms with Crippen LogP contribution in [0, 0.1) is 0 Å². The second kappa shape index (κ2) is 4.77.